The number of carbonyl (C=O) groups is 2. The Morgan fingerprint density at radius 1 is 1.33 bits per heavy atom. The highest BCUT2D eigenvalue weighted by atomic mass is 19.1. The van der Waals surface area contributed by atoms with E-state index in [1.807, 2.05) is 6.92 Å². The van der Waals surface area contributed by atoms with Crippen LogP contribution in [0.2, 0.25) is 0 Å². The van der Waals surface area contributed by atoms with Crippen LogP contribution in [0.15, 0.2) is 29.9 Å². The van der Waals surface area contributed by atoms with Gasteiger partial charge in [-0.15, -0.1) is 11.7 Å². The molecule has 5 rings (SSSR count). The molecule has 0 saturated heterocycles. The van der Waals surface area contributed by atoms with Crippen molar-refractivity contribution in [1.29, 1.82) is 0 Å². The number of fused-ring (bicyclic) bond motifs is 1. The highest BCUT2D eigenvalue weighted by Gasteiger charge is 2.68. The lowest BCUT2D eigenvalue weighted by atomic mass is 9.44. The number of hydrogen-bond donors (Lipinski definition) is 2. The quantitative estimate of drug-likeness (QED) is 0.335. The predicted octanol–water partition coefficient (Wildman–Crippen LogP) is 3.16. The first-order valence-corrected chi connectivity index (χ1v) is 13.8. The Balaban J connectivity index is 1.44. The zero-order valence-corrected chi connectivity index (χ0v) is 23.0. The standard InChI is InChI=1S/C29H37BFNO7/c1-6-27(4)13-21(28(5)16(2)9-11-29(17(3)26(27)35)12-10-19(33)25(28)29)38-22(34)15-37-20-8-7-18-14-32-39-30(36)23(18)24(20)31/h6-8,14,16-17,21,25-26,35-36H,1,9-13,15H2,2-5H3/t16-,17+,21-,25+,26+,27-,28+,29+/m1/s1. The van der Waals surface area contributed by atoms with E-state index in [-0.39, 0.29) is 40.2 Å². The molecule has 3 aliphatic carbocycles. The summed E-state index contributed by atoms with van der Waals surface area (Å²) in [7, 11) is -1.59. The van der Waals surface area contributed by atoms with Crippen molar-refractivity contribution in [2.45, 2.75) is 72.0 Å². The van der Waals surface area contributed by atoms with Gasteiger partial charge in [-0.25, -0.2) is 9.18 Å². The van der Waals surface area contributed by atoms with Crippen molar-refractivity contribution in [3.63, 3.8) is 0 Å². The van der Waals surface area contributed by atoms with E-state index in [2.05, 4.69) is 32.5 Å². The van der Waals surface area contributed by atoms with E-state index in [1.54, 1.807) is 6.08 Å². The number of rotatable bonds is 5. The number of esters is 1. The first-order chi connectivity index (χ1) is 18.4. The van der Waals surface area contributed by atoms with E-state index < -0.39 is 48.5 Å². The Bertz CT molecular complexity index is 1220. The molecule has 3 fully saturated rings. The molecule has 1 heterocycles. The van der Waals surface area contributed by atoms with E-state index in [1.165, 1.54) is 18.3 Å². The van der Waals surface area contributed by atoms with Gasteiger partial charge in [-0.3, -0.25) is 4.79 Å². The normalized spacial score (nSPS) is 39.1. The minimum Gasteiger partial charge on any atom is -0.479 e. The van der Waals surface area contributed by atoms with Crippen LogP contribution in [0.1, 0.15) is 65.4 Å². The monoisotopic (exact) mass is 541 g/mol. The van der Waals surface area contributed by atoms with Crippen molar-refractivity contribution in [3.8, 4) is 5.75 Å². The minimum absolute atomic E-state index is 0.0918. The summed E-state index contributed by atoms with van der Waals surface area (Å²) in [5.41, 5.74) is -1.56. The second kappa shape index (κ2) is 9.73. The third-order valence-electron chi connectivity index (χ3n) is 10.7. The number of ketones is 1. The lowest BCUT2D eigenvalue weighted by molar-refractivity contribution is -0.207. The number of nitrogens with zero attached hydrogens (tertiary/aromatic N) is 1. The van der Waals surface area contributed by atoms with E-state index >= 15 is 4.39 Å². The maximum atomic E-state index is 15.1. The molecule has 1 aromatic rings. The van der Waals surface area contributed by atoms with Gasteiger partial charge in [-0.2, -0.15) is 0 Å². The molecule has 8 nitrogen and oxygen atoms in total. The fraction of sp³-hybridized carbons (Fsp3) is 0.621. The number of hydrogen-bond acceptors (Lipinski definition) is 8. The van der Waals surface area contributed by atoms with Gasteiger partial charge in [0.15, 0.2) is 18.2 Å². The molecule has 10 heteroatoms. The number of halogens is 1. The maximum Gasteiger partial charge on any atom is 0.586 e. The van der Waals surface area contributed by atoms with E-state index in [4.69, 9.17) is 14.2 Å². The third kappa shape index (κ3) is 4.13. The van der Waals surface area contributed by atoms with E-state index in [0.717, 1.165) is 12.8 Å². The number of ether oxygens (including phenoxy) is 2. The number of carbonyl (C=O) groups excluding carboxylic acids is 2. The molecule has 0 unspecified atom stereocenters. The summed E-state index contributed by atoms with van der Waals surface area (Å²) in [4.78, 5) is 26.7. The largest absolute Gasteiger partial charge is 0.586 e. The summed E-state index contributed by atoms with van der Waals surface area (Å²) in [6.07, 6.45) is 4.73. The van der Waals surface area contributed by atoms with Gasteiger partial charge in [0.1, 0.15) is 11.9 Å². The predicted molar refractivity (Wildman–Crippen MR) is 143 cm³/mol. The van der Waals surface area contributed by atoms with Crippen LogP contribution in [0.25, 0.3) is 0 Å². The van der Waals surface area contributed by atoms with Crippen LogP contribution in [-0.4, -0.2) is 54.0 Å². The summed E-state index contributed by atoms with van der Waals surface area (Å²) in [6.45, 7) is 11.6. The Kier molecular flexibility index (Phi) is 6.95. The molecule has 4 aliphatic rings. The molecule has 0 aromatic heterocycles. The molecule has 39 heavy (non-hydrogen) atoms. The number of benzene rings is 1. The third-order valence-corrected chi connectivity index (χ3v) is 10.7. The molecule has 1 aromatic carbocycles. The molecule has 3 saturated carbocycles. The Labute approximate surface area is 228 Å². The smallest absolute Gasteiger partial charge is 0.479 e. The SMILES string of the molecule is C=C[C@]1(C)C[C@@H](OC(=O)COc2ccc3c(c2F)B(O)ON=C3)[C@]2(C)[C@H](C)CC[C@]3(CCC(=O)[C@H]32)[C@@H](C)[C@@H]1O. The van der Waals surface area contributed by atoms with Crippen molar-refractivity contribution >= 4 is 30.5 Å². The summed E-state index contributed by atoms with van der Waals surface area (Å²) in [6, 6.07) is 2.86. The molecular weight excluding hydrogens is 504 g/mol. The number of aliphatic hydroxyl groups excluding tert-OH is 1. The van der Waals surface area contributed by atoms with Crippen LogP contribution in [0.4, 0.5) is 4.39 Å². The average molecular weight is 541 g/mol. The molecule has 0 radical (unpaired) electrons. The highest BCUT2D eigenvalue weighted by Crippen LogP contribution is 2.68. The van der Waals surface area contributed by atoms with Gasteiger partial charge in [-0.05, 0) is 55.1 Å². The van der Waals surface area contributed by atoms with Crippen LogP contribution in [0.3, 0.4) is 0 Å². The van der Waals surface area contributed by atoms with Gasteiger partial charge in [-0.1, -0.05) is 33.8 Å². The van der Waals surface area contributed by atoms with Crippen LogP contribution < -0.4 is 10.2 Å². The van der Waals surface area contributed by atoms with Gasteiger partial charge in [0.2, 0.25) is 0 Å². The highest BCUT2D eigenvalue weighted by molar-refractivity contribution is 6.62. The number of Topliss-reactive ketones (excluding diaryl/α,β-unsaturated/α-hetero) is 1. The minimum atomic E-state index is -1.59. The van der Waals surface area contributed by atoms with Crippen LogP contribution in [0.5, 0.6) is 5.75 Å². The van der Waals surface area contributed by atoms with Gasteiger partial charge >= 0.3 is 13.1 Å². The van der Waals surface area contributed by atoms with Crippen molar-refractivity contribution in [3.05, 3.63) is 36.2 Å². The molecule has 8 atom stereocenters. The number of oxime groups is 1. The van der Waals surface area contributed by atoms with Gasteiger partial charge in [0.05, 0.1) is 12.3 Å². The molecule has 210 valence electrons. The Morgan fingerprint density at radius 3 is 2.79 bits per heavy atom. The molecule has 2 N–H and O–H groups in total. The van der Waals surface area contributed by atoms with Crippen molar-refractivity contribution < 1.29 is 38.3 Å². The second-order valence-electron chi connectivity index (χ2n) is 12.4. The summed E-state index contributed by atoms with van der Waals surface area (Å²) >= 11 is 0. The molecule has 1 aliphatic heterocycles. The van der Waals surface area contributed by atoms with Gasteiger partial charge in [0, 0.05) is 34.2 Å². The first kappa shape index (κ1) is 27.8. The maximum absolute atomic E-state index is 15.1. The zero-order valence-electron chi connectivity index (χ0n) is 23.0. The fourth-order valence-corrected chi connectivity index (χ4v) is 8.09. The molecular formula is C29H37BFNO7. The summed E-state index contributed by atoms with van der Waals surface area (Å²) in [5.74, 6) is -2.00. The van der Waals surface area contributed by atoms with E-state index in [0.29, 0.717) is 24.8 Å². The topological polar surface area (TPSA) is 115 Å². The summed E-state index contributed by atoms with van der Waals surface area (Å²) in [5, 5.41) is 25.1. The van der Waals surface area contributed by atoms with E-state index in [9.17, 15) is 19.7 Å². The average Bonchev–Trinajstić information content (AvgIpc) is 3.26. The lowest BCUT2D eigenvalue weighted by Crippen LogP contribution is -2.63. The van der Waals surface area contributed by atoms with Crippen LogP contribution in [-0.2, 0) is 19.1 Å². The van der Waals surface area contributed by atoms with Crippen molar-refractivity contribution in [2.75, 3.05) is 6.61 Å². The molecule has 0 spiro atoms. The number of aliphatic hydroxyl groups is 1. The summed E-state index contributed by atoms with van der Waals surface area (Å²) < 4.78 is 31.4. The zero-order chi connectivity index (χ0) is 28.3. The van der Waals surface area contributed by atoms with Gasteiger partial charge in [0.25, 0.3) is 0 Å². The van der Waals surface area contributed by atoms with Crippen LogP contribution in [0, 0.1) is 39.8 Å². The lowest BCUT2D eigenvalue weighted by Gasteiger charge is -2.61. The van der Waals surface area contributed by atoms with Gasteiger partial charge < -0.3 is 24.4 Å². The van der Waals surface area contributed by atoms with Crippen molar-refractivity contribution in [2.24, 2.45) is 39.2 Å². The molecule has 0 amide bonds. The molecule has 2 bridgehead atoms. The Morgan fingerprint density at radius 2 is 2.08 bits per heavy atom. The van der Waals surface area contributed by atoms with Crippen LogP contribution >= 0.6 is 0 Å². The van der Waals surface area contributed by atoms with Crippen molar-refractivity contribution in [1.82, 2.24) is 0 Å². The first-order valence-electron chi connectivity index (χ1n) is 13.8. The fourth-order valence-electron chi connectivity index (χ4n) is 8.09. The Hall–Kier alpha value is -2.72. The second-order valence-corrected chi connectivity index (χ2v) is 12.4.